The molecule has 2 heterocycles. The topological polar surface area (TPSA) is 26.8 Å². The Kier molecular flexibility index (Phi) is 4.30. The highest BCUT2D eigenvalue weighted by Crippen LogP contribution is 2.22. The van der Waals surface area contributed by atoms with Gasteiger partial charge in [-0.05, 0) is 29.7 Å². The third-order valence-corrected chi connectivity index (χ3v) is 5.14. The number of amides is 2. The molecule has 0 unspecified atom stereocenters. The van der Waals surface area contributed by atoms with Crippen LogP contribution in [0.4, 0.5) is 14.9 Å². The lowest BCUT2D eigenvalue weighted by molar-refractivity contribution is 0.145. The van der Waals surface area contributed by atoms with Crippen LogP contribution < -0.4 is 4.90 Å². The first-order valence-electron chi connectivity index (χ1n) is 8.82. The van der Waals surface area contributed by atoms with Crippen LogP contribution in [0.1, 0.15) is 11.1 Å². The first kappa shape index (κ1) is 15.9. The molecule has 0 bridgehead atoms. The van der Waals surface area contributed by atoms with E-state index in [0.717, 1.165) is 13.0 Å². The van der Waals surface area contributed by atoms with Crippen molar-refractivity contribution in [2.45, 2.75) is 13.0 Å². The third-order valence-electron chi connectivity index (χ3n) is 5.14. The summed E-state index contributed by atoms with van der Waals surface area (Å²) in [5.74, 6) is -0.199. The van der Waals surface area contributed by atoms with E-state index in [2.05, 4.69) is 18.2 Å². The summed E-state index contributed by atoms with van der Waals surface area (Å²) in [6.07, 6.45) is 0.914. The lowest BCUT2D eigenvalue weighted by Crippen LogP contribution is -2.53. The third kappa shape index (κ3) is 3.18. The van der Waals surface area contributed by atoms with E-state index < -0.39 is 0 Å². The largest absolute Gasteiger partial charge is 0.366 e. The summed E-state index contributed by atoms with van der Waals surface area (Å²) in [6.45, 7) is 4.04. The second-order valence-corrected chi connectivity index (χ2v) is 6.65. The standard InChI is InChI=1S/C20H22FN3O/c21-18-7-3-4-8-19(18)22-11-13-23(14-12-22)20(25)24-10-9-16-5-1-2-6-17(16)15-24/h1-8H,9-15H2. The van der Waals surface area contributed by atoms with Crippen LogP contribution in [0.3, 0.4) is 0 Å². The van der Waals surface area contributed by atoms with Crippen LogP contribution in [-0.4, -0.2) is 48.6 Å². The van der Waals surface area contributed by atoms with Crippen LogP contribution in [-0.2, 0) is 13.0 Å². The van der Waals surface area contributed by atoms with Crippen molar-refractivity contribution in [3.8, 4) is 0 Å². The number of halogens is 1. The smallest absolute Gasteiger partial charge is 0.320 e. The molecule has 1 saturated heterocycles. The molecule has 0 aromatic heterocycles. The van der Waals surface area contributed by atoms with Crippen molar-refractivity contribution in [1.82, 2.24) is 9.80 Å². The average Bonchev–Trinajstić information content (AvgIpc) is 2.67. The monoisotopic (exact) mass is 339 g/mol. The van der Waals surface area contributed by atoms with E-state index >= 15 is 0 Å². The number of benzene rings is 2. The van der Waals surface area contributed by atoms with Gasteiger partial charge in [-0.1, -0.05) is 36.4 Å². The number of carbonyl (C=O) groups is 1. The summed E-state index contributed by atoms with van der Waals surface area (Å²) in [4.78, 5) is 18.7. The SMILES string of the molecule is O=C(N1CCN(c2ccccc2F)CC1)N1CCc2ccccc2C1. The number of carbonyl (C=O) groups excluding carboxylic acids is 1. The van der Waals surface area contributed by atoms with Crippen LogP contribution in [0.2, 0.25) is 0 Å². The van der Waals surface area contributed by atoms with E-state index in [1.807, 2.05) is 26.8 Å². The van der Waals surface area contributed by atoms with Crippen molar-refractivity contribution in [3.05, 3.63) is 65.5 Å². The zero-order valence-electron chi connectivity index (χ0n) is 14.2. The number of para-hydroxylation sites is 1. The summed E-state index contributed by atoms with van der Waals surface area (Å²) in [5.41, 5.74) is 3.21. The van der Waals surface area contributed by atoms with E-state index in [1.165, 1.54) is 17.2 Å². The summed E-state index contributed by atoms with van der Waals surface area (Å²) >= 11 is 0. The molecule has 2 amide bonds. The Balaban J connectivity index is 1.38. The molecule has 2 aromatic rings. The fraction of sp³-hybridized carbons (Fsp3) is 0.350. The number of hydrogen-bond donors (Lipinski definition) is 0. The van der Waals surface area contributed by atoms with Crippen molar-refractivity contribution in [3.63, 3.8) is 0 Å². The number of urea groups is 1. The molecule has 2 aromatic carbocycles. The van der Waals surface area contributed by atoms with Gasteiger partial charge >= 0.3 is 6.03 Å². The van der Waals surface area contributed by atoms with Gasteiger partial charge in [0.2, 0.25) is 0 Å². The fourth-order valence-corrected chi connectivity index (χ4v) is 3.71. The first-order valence-corrected chi connectivity index (χ1v) is 8.82. The van der Waals surface area contributed by atoms with Crippen LogP contribution in [0.25, 0.3) is 0 Å². The van der Waals surface area contributed by atoms with E-state index in [1.54, 1.807) is 12.1 Å². The maximum Gasteiger partial charge on any atom is 0.320 e. The van der Waals surface area contributed by atoms with Crippen molar-refractivity contribution in [2.75, 3.05) is 37.6 Å². The summed E-state index contributed by atoms with van der Waals surface area (Å²) in [6, 6.07) is 15.3. The number of rotatable bonds is 1. The molecule has 0 saturated carbocycles. The zero-order chi connectivity index (χ0) is 17.2. The Bertz CT molecular complexity index is 771. The maximum absolute atomic E-state index is 13.9. The molecule has 0 spiro atoms. The fourth-order valence-electron chi connectivity index (χ4n) is 3.71. The van der Waals surface area contributed by atoms with Gasteiger partial charge in [-0.25, -0.2) is 9.18 Å². The Labute approximate surface area is 147 Å². The quantitative estimate of drug-likeness (QED) is 0.798. The van der Waals surface area contributed by atoms with Gasteiger partial charge in [-0.2, -0.15) is 0 Å². The van der Waals surface area contributed by atoms with Gasteiger partial charge < -0.3 is 14.7 Å². The van der Waals surface area contributed by atoms with Gasteiger partial charge in [0, 0.05) is 39.3 Å². The maximum atomic E-state index is 13.9. The second-order valence-electron chi connectivity index (χ2n) is 6.65. The van der Waals surface area contributed by atoms with Crippen LogP contribution in [0.5, 0.6) is 0 Å². The molecule has 0 aliphatic carbocycles. The lowest BCUT2D eigenvalue weighted by atomic mass is 10.0. The molecule has 1 fully saturated rings. The number of anilines is 1. The molecule has 2 aliphatic heterocycles. The number of hydrogen-bond acceptors (Lipinski definition) is 2. The number of piperazine rings is 1. The normalized spacial score (nSPS) is 17.4. The van der Waals surface area contributed by atoms with Crippen LogP contribution in [0, 0.1) is 5.82 Å². The van der Waals surface area contributed by atoms with E-state index in [-0.39, 0.29) is 11.8 Å². The molecule has 2 aliphatic rings. The molecule has 0 N–H and O–H groups in total. The molecule has 0 atom stereocenters. The summed E-state index contributed by atoms with van der Waals surface area (Å²) in [5, 5.41) is 0. The average molecular weight is 339 g/mol. The molecular formula is C20H22FN3O. The lowest BCUT2D eigenvalue weighted by Gasteiger charge is -2.39. The van der Waals surface area contributed by atoms with Gasteiger partial charge in [-0.3, -0.25) is 0 Å². The van der Waals surface area contributed by atoms with Gasteiger partial charge in [-0.15, -0.1) is 0 Å². The number of fused-ring (bicyclic) bond motifs is 1. The predicted octanol–water partition coefficient (Wildman–Crippen LogP) is 3.13. The van der Waals surface area contributed by atoms with E-state index in [9.17, 15) is 9.18 Å². The van der Waals surface area contributed by atoms with Gasteiger partial charge in [0.15, 0.2) is 0 Å². The molecule has 4 nitrogen and oxygen atoms in total. The highest BCUT2D eigenvalue weighted by atomic mass is 19.1. The molecule has 25 heavy (non-hydrogen) atoms. The second kappa shape index (κ2) is 6.75. The van der Waals surface area contributed by atoms with Gasteiger partial charge in [0.1, 0.15) is 5.82 Å². The van der Waals surface area contributed by atoms with E-state index in [0.29, 0.717) is 38.4 Å². The predicted molar refractivity (Wildman–Crippen MR) is 96.1 cm³/mol. The van der Waals surface area contributed by atoms with Crippen LogP contribution in [0.15, 0.2) is 48.5 Å². The highest BCUT2D eigenvalue weighted by molar-refractivity contribution is 5.75. The summed E-state index contributed by atoms with van der Waals surface area (Å²) in [7, 11) is 0. The summed E-state index contributed by atoms with van der Waals surface area (Å²) < 4.78 is 13.9. The highest BCUT2D eigenvalue weighted by Gasteiger charge is 2.28. The minimum Gasteiger partial charge on any atom is -0.366 e. The van der Waals surface area contributed by atoms with Gasteiger partial charge in [0.05, 0.1) is 5.69 Å². The number of nitrogens with zero attached hydrogens (tertiary/aromatic N) is 3. The van der Waals surface area contributed by atoms with Crippen molar-refractivity contribution >= 4 is 11.7 Å². The minimum atomic E-state index is -0.199. The van der Waals surface area contributed by atoms with E-state index in [4.69, 9.17) is 0 Å². The van der Waals surface area contributed by atoms with Crippen molar-refractivity contribution in [2.24, 2.45) is 0 Å². The van der Waals surface area contributed by atoms with Crippen molar-refractivity contribution < 1.29 is 9.18 Å². The molecule has 0 radical (unpaired) electrons. The zero-order valence-corrected chi connectivity index (χ0v) is 14.2. The Morgan fingerprint density at radius 2 is 1.48 bits per heavy atom. The minimum absolute atomic E-state index is 0.0997. The Morgan fingerprint density at radius 1 is 0.800 bits per heavy atom. The van der Waals surface area contributed by atoms with Crippen molar-refractivity contribution in [1.29, 1.82) is 0 Å². The molecule has 4 rings (SSSR count). The Morgan fingerprint density at radius 3 is 2.24 bits per heavy atom. The molecule has 5 heteroatoms. The van der Waals surface area contributed by atoms with Gasteiger partial charge in [0.25, 0.3) is 0 Å². The molecular weight excluding hydrogens is 317 g/mol. The van der Waals surface area contributed by atoms with Crippen LogP contribution >= 0.6 is 0 Å². The molecule has 130 valence electrons. The first-order chi connectivity index (χ1) is 12.2. The Hall–Kier alpha value is -2.56.